The molecule has 2 amide bonds. The molecule has 21 heavy (non-hydrogen) atoms. The zero-order valence-electron chi connectivity index (χ0n) is 11.5. The van der Waals surface area contributed by atoms with Crippen LogP contribution in [0, 0.1) is 5.92 Å². The standard InChI is InChI=1S/C12H18F4N2O3/c1-7-2-4-11(5-3-7,9(19)20)18-10(21)17-6-12(15,16)8(13)14/h7-8H,2-6H2,1H3,(H,19,20)(H2,17,18,21). The third-order valence-electron chi connectivity index (χ3n) is 3.69. The highest BCUT2D eigenvalue weighted by Gasteiger charge is 2.44. The van der Waals surface area contributed by atoms with Crippen LogP contribution in [0.1, 0.15) is 32.6 Å². The fourth-order valence-electron chi connectivity index (χ4n) is 2.18. The molecule has 0 unspecified atom stereocenters. The fourth-order valence-corrected chi connectivity index (χ4v) is 2.18. The molecule has 3 N–H and O–H groups in total. The Hall–Kier alpha value is -1.54. The summed E-state index contributed by atoms with van der Waals surface area (Å²) < 4.78 is 49.3. The predicted octanol–water partition coefficient (Wildman–Crippen LogP) is 2.22. The van der Waals surface area contributed by atoms with Crippen molar-refractivity contribution < 1.29 is 32.3 Å². The van der Waals surface area contributed by atoms with E-state index < -0.39 is 36.4 Å². The van der Waals surface area contributed by atoms with Gasteiger partial charge in [-0.3, -0.25) is 0 Å². The molecular formula is C12H18F4N2O3. The van der Waals surface area contributed by atoms with Crippen molar-refractivity contribution in [2.75, 3.05) is 6.54 Å². The van der Waals surface area contributed by atoms with Crippen molar-refractivity contribution in [2.24, 2.45) is 5.92 Å². The van der Waals surface area contributed by atoms with Gasteiger partial charge in [-0.05, 0) is 31.6 Å². The van der Waals surface area contributed by atoms with Crippen LogP contribution in [-0.4, -0.2) is 41.5 Å². The van der Waals surface area contributed by atoms with Crippen LogP contribution in [-0.2, 0) is 4.79 Å². The number of hydrogen-bond acceptors (Lipinski definition) is 2. The summed E-state index contributed by atoms with van der Waals surface area (Å²) in [5.41, 5.74) is -1.53. The van der Waals surface area contributed by atoms with Crippen molar-refractivity contribution in [2.45, 2.75) is 50.5 Å². The van der Waals surface area contributed by atoms with E-state index in [1.165, 1.54) is 0 Å². The second kappa shape index (κ2) is 6.48. The molecule has 0 aromatic rings. The van der Waals surface area contributed by atoms with Crippen LogP contribution in [0.15, 0.2) is 0 Å². The van der Waals surface area contributed by atoms with E-state index in [0.717, 1.165) is 0 Å². The summed E-state index contributed by atoms with van der Waals surface area (Å²) in [7, 11) is 0. The van der Waals surface area contributed by atoms with E-state index in [9.17, 15) is 32.3 Å². The van der Waals surface area contributed by atoms with Crippen LogP contribution in [0.2, 0.25) is 0 Å². The van der Waals surface area contributed by atoms with Gasteiger partial charge in [0.2, 0.25) is 0 Å². The molecule has 0 heterocycles. The summed E-state index contributed by atoms with van der Waals surface area (Å²) in [6, 6.07) is -1.19. The third-order valence-corrected chi connectivity index (χ3v) is 3.69. The molecule has 0 saturated heterocycles. The molecule has 1 fully saturated rings. The molecule has 122 valence electrons. The molecule has 0 atom stereocenters. The average Bonchev–Trinajstić information content (AvgIpc) is 2.39. The van der Waals surface area contributed by atoms with Gasteiger partial charge >= 0.3 is 24.3 Å². The van der Waals surface area contributed by atoms with Gasteiger partial charge in [-0.1, -0.05) is 6.92 Å². The normalized spacial score (nSPS) is 26.5. The Kier molecular flexibility index (Phi) is 5.41. The summed E-state index contributed by atoms with van der Waals surface area (Å²) >= 11 is 0. The Bertz CT molecular complexity index is 396. The molecule has 1 aliphatic carbocycles. The number of halogens is 4. The monoisotopic (exact) mass is 314 g/mol. The lowest BCUT2D eigenvalue weighted by Gasteiger charge is -2.36. The number of amides is 2. The highest BCUT2D eigenvalue weighted by Crippen LogP contribution is 2.32. The van der Waals surface area contributed by atoms with Crippen LogP contribution >= 0.6 is 0 Å². The zero-order valence-corrected chi connectivity index (χ0v) is 11.5. The van der Waals surface area contributed by atoms with E-state index in [4.69, 9.17) is 0 Å². The Labute approximate surface area is 119 Å². The Morgan fingerprint density at radius 2 is 1.86 bits per heavy atom. The van der Waals surface area contributed by atoms with Gasteiger partial charge in [0.1, 0.15) is 5.54 Å². The van der Waals surface area contributed by atoms with E-state index >= 15 is 0 Å². The average molecular weight is 314 g/mol. The molecule has 0 aromatic carbocycles. The van der Waals surface area contributed by atoms with Gasteiger partial charge < -0.3 is 15.7 Å². The molecule has 1 saturated carbocycles. The highest BCUT2D eigenvalue weighted by molar-refractivity contribution is 5.86. The fraction of sp³-hybridized carbons (Fsp3) is 0.833. The first-order valence-corrected chi connectivity index (χ1v) is 6.54. The van der Waals surface area contributed by atoms with E-state index in [2.05, 4.69) is 5.32 Å². The van der Waals surface area contributed by atoms with E-state index in [0.29, 0.717) is 18.8 Å². The Balaban J connectivity index is 2.60. The van der Waals surface area contributed by atoms with Gasteiger partial charge in [0.25, 0.3) is 0 Å². The van der Waals surface area contributed by atoms with Gasteiger partial charge in [0.05, 0.1) is 6.54 Å². The van der Waals surface area contributed by atoms with Crippen LogP contribution in [0.25, 0.3) is 0 Å². The van der Waals surface area contributed by atoms with Crippen molar-refractivity contribution in [3.63, 3.8) is 0 Å². The van der Waals surface area contributed by atoms with Crippen molar-refractivity contribution in [1.82, 2.24) is 10.6 Å². The number of carbonyl (C=O) groups is 2. The topological polar surface area (TPSA) is 78.4 Å². The van der Waals surface area contributed by atoms with E-state index in [1.807, 2.05) is 6.92 Å². The minimum atomic E-state index is -4.35. The van der Waals surface area contributed by atoms with Gasteiger partial charge in [0.15, 0.2) is 0 Å². The minimum Gasteiger partial charge on any atom is -0.480 e. The lowest BCUT2D eigenvalue weighted by atomic mass is 9.77. The highest BCUT2D eigenvalue weighted by atomic mass is 19.3. The lowest BCUT2D eigenvalue weighted by molar-refractivity contribution is -0.146. The second-order valence-corrected chi connectivity index (χ2v) is 5.44. The number of rotatable bonds is 5. The first-order valence-electron chi connectivity index (χ1n) is 6.54. The number of hydrogen-bond donors (Lipinski definition) is 3. The van der Waals surface area contributed by atoms with Crippen LogP contribution in [0.4, 0.5) is 22.4 Å². The molecule has 0 aliphatic heterocycles. The molecule has 5 nitrogen and oxygen atoms in total. The van der Waals surface area contributed by atoms with Crippen molar-refractivity contribution in [3.05, 3.63) is 0 Å². The Morgan fingerprint density at radius 3 is 2.29 bits per heavy atom. The van der Waals surface area contributed by atoms with Crippen LogP contribution < -0.4 is 10.6 Å². The molecule has 0 spiro atoms. The smallest absolute Gasteiger partial charge is 0.329 e. The number of carboxylic acids is 1. The van der Waals surface area contributed by atoms with Crippen molar-refractivity contribution in [1.29, 1.82) is 0 Å². The zero-order chi connectivity index (χ0) is 16.3. The summed E-state index contributed by atoms with van der Waals surface area (Å²) in [4.78, 5) is 22.8. The first-order chi connectivity index (χ1) is 9.59. The summed E-state index contributed by atoms with van der Waals surface area (Å²) in [5, 5.41) is 13.0. The SMILES string of the molecule is CC1CCC(NC(=O)NCC(F)(F)C(F)F)(C(=O)O)CC1. The maximum absolute atomic E-state index is 12.7. The van der Waals surface area contributed by atoms with Gasteiger partial charge in [-0.2, -0.15) is 8.78 Å². The molecular weight excluding hydrogens is 296 g/mol. The number of carboxylic acid groups (broad SMARTS) is 1. The lowest BCUT2D eigenvalue weighted by Crippen LogP contribution is -2.59. The van der Waals surface area contributed by atoms with Gasteiger partial charge in [0, 0.05) is 0 Å². The molecule has 0 bridgehead atoms. The first kappa shape index (κ1) is 17.5. The Morgan fingerprint density at radius 1 is 1.33 bits per heavy atom. The largest absolute Gasteiger partial charge is 0.480 e. The van der Waals surface area contributed by atoms with Gasteiger partial charge in [-0.25, -0.2) is 18.4 Å². The molecule has 0 radical (unpaired) electrons. The van der Waals surface area contributed by atoms with E-state index in [-0.39, 0.29) is 12.8 Å². The maximum Gasteiger partial charge on any atom is 0.329 e. The second-order valence-electron chi connectivity index (χ2n) is 5.44. The van der Waals surface area contributed by atoms with Crippen LogP contribution in [0.3, 0.4) is 0 Å². The van der Waals surface area contributed by atoms with Crippen molar-refractivity contribution >= 4 is 12.0 Å². The summed E-state index contributed by atoms with van der Waals surface area (Å²) in [6.45, 7) is 0.387. The minimum absolute atomic E-state index is 0.169. The van der Waals surface area contributed by atoms with Crippen molar-refractivity contribution in [3.8, 4) is 0 Å². The number of carbonyl (C=O) groups excluding carboxylic acids is 1. The maximum atomic E-state index is 12.7. The molecule has 0 aromatic heterocycles. The molecule has 1 aliphatic rings. The quantitative estimate of drug-likeness (QED) is 0.681. The molecule has 1 rings (SSSR count). The predicted molar refractivity (Wildman–Crippen MR) is 65.5 cm³/mol. The number of nitrogens with one attached hydrogen (secondary N) is 2. The third kappa shape index (κ3) is 4.47. The van der Waals surface area contributed by atoms with E-state index in [1.54, 1.807) is 5.32 Å². The number of urea groups is 1. The van der Waals surface area contributed by atoms with Gasteiger partial charge in [-0.15, -0.1) is 0 Å². The summed E-state index contributed by atoms with van der Waals surface area (Å²) in [6.07, 6.45) is -2.43. The number of alkyl halides is 4. The summed E-state index contributed by atoms with van der Waals surface area (Å²) in [5.74, 6) is -5.30. The molecule has 9 heteroatoms. The van der Waals surface area contributed by atoms with Crippen LogP contribution in [0.5, 0.6) is 0 Å². The number of aliphatic carboxylic acids is 1.